The van der Waals surface area contributed by atoms with Crippen LogP contribution in [0.25, 0.3) is 0 Å². The third kappa shape index (κ3) is 10.1. The Morgan fingerprint density at radius 3 is 1.84 bits per heavy atom. The molecule has 0 spiro atoms. The summed E-state index contributed by atoms with van der Waals surface area (Å²) in [4.78, 5) is -2.03. The first kappa shape index (κ1) is 32.1. The molecule has 11 heteroatoms. The summed E-state index contributed by atoms with van der Waals surface area (Å²) in [6.45, 7) is 2.12. The molecule has 0 aliphatic heterocycles. The second-order valence-corrected chi connectivity index (χ2v) is 9.73. The van der Waals surface area contributed by atoms with Crippen molar-refractivity contribution in [2.24, 2.45) is 0 Å². The molecule has 32 heavy (non-hydrogen) atoms. The van der Waals surface area contributed by atoms with E-state index in [-0.39, 0.29) is 76.8 Å². The van der Waals surface area contributed by atoms with Crippen LogP contribution in [0.4, 0.5) is 0 Å². The number of benzene rings is 2. The van der Waals surface area contributed by atoms with Crippen LogP contribution in [0.1, 0.15) is 57.4 Å². The third-order valence-corrected chi connectivity index (χ3v) is 6.68. The zero-order valence-corrected chi connectivity index (χ0v) is 24.5. The van der Waals surface area contributed by atoms with Gasteiger partial charge in [-0.05, 0) is 37.1 Å². The second kappa shape index (κ2) is 15.1. The molecular formula is C21H26Na2O7S2. The predicted octanol–water partition coefficient (Wildman–Crippen LogP) is -1.41. The average Bonchev–Trinajstić information content (AvgIpc) is 2.67. The van der Waals surface area contributed by atoms with Gasteiger partial charge in [-0.2, -0.15) is 0 Å². The minimum atomic E-state index is -5.23. The van der Waals surface area contributed by atoms with Crippen LogP contribution in [-0.4, -0.2) is 25.9 Å². The Morgan fingerprint density at radius 1 is 0.750 bits per heavy atom. The van der Waals surface area contributed by atoms with Crippen molar-refractivity contribution in [2.75, 3.05) is 0 Å². The van der Waals surface area contributed by atoms with Crippen LogP contribution in [0, 0.1) is 0 Å². The van der Waals surface area contributed by atoms with E-state index in [1.807, 2.05) is 0 Å². The number of unbranched alkanes of at least 4 members (excludes halogenated alkanes) is 6. The molecule has 0 radical (unpaired) electrons. The Balaban J connectivity index is 0.00000480. The van der Waals surface area contributed by atoms with E-state index >= 15 is 0 Å². The Hall–Kier alpha value is 0.0600. The summed E-state index contributed by atoms with van der Waals surface area (Å²) in [5, 5.41) is 0. The topological polar surface area (TPSA) is 124 Å². The van der Waals surface area contributed by atoms with Crippen molar-refractivity contribution in [3.8, 4) is 11.5 Å². The Morgan fingerprint density at radius 2 is 1.31 bits per heavy atom. The molecule has 2 rings (SSSR count). The van der Waals surface area contributed by atoms with Gasteiger partial charge in [0.25, 0.3) is 0 Å². The quantitative estimate of drug-likeness (QED) is 0.199. The van der Waals surface area contributed by atoms with Gasteiger partial charge in [0, 0.05) is 5.56 Å². The van der Waals surface area contributed by atoms with Crippen LogP contribution >= 0.6 is 0 Å². The molecular weight excluding hydrogens is 474 g/mol. The van der Waals surface area contributed by atoms with E-state index in [1.54, 1.807) is 30.3 Å². The van der Waals surface area contributed by atoms with Crippen molar-refractivity contribution < 1.29 is 89.8 Å². The van der Waals surface area contributed by atoms with Gasteiger partial charge in [0.2, 0.25) is 0 Å². The summed E-state index contributed by atoms with van der Waals surface area (Å²) in [5.74, 6) is 0.444. The van der Waals surface area contributed by atoms with Gasteiger partial charge >= 0.3 is 59.1 Å². The third-order valence-electron chi connectivity index (χ3n) is 4.70. The molecule has 0 bridgehead atoms. The van der Waals surface area contributed by atoms with Crippen LogP contribution < -0.4 is 63.9 Å². The van der Waals surface area contributed by atoms with E-state index in [2.05, 4.69) is 6.92 Å². The van der Waals surface area contributed by atoms with Gasteiger partial charge in [-0.25, -0.2) is 16.8 Å². The number of para-hydroxylation sites is 1. The van der Waals surface area contributed by atoms with Gasteiger partial charge in [0.1, 0.15) is 31.7 Å². The number of hydrogen-bond donors (Lipinski definition) is 0. The van der Waals surface area contributed by atoms with Crippen molar-refractivity contribution in [1.82, 2.24) is 0 Å². The molecule has 0 aliphatic carbocycles. The smallest absolute Gasteiger partial charge is 0.744 e. The molecule has 2 aromatic carbocycles. The molecule has 0 saturated carbocycles. The zero-order valence-electron chi connectivity index (χ0n) is 18.9. The summed E-state index contributed by atoms with van der Waals surface area (Å²) in [6, 6.07) is 10.5. The fourth-order valence-electron chi connectivity index (χ4n) is 3.27. The van der Waals surface area contributed by atoms with Crippen molar-refractivity contribution >= 4 is 20.2 Å². The molecule has 0 aromatic heterocycles. The number of ether oxygens (including phenoxy) is 1. The van der Waals surface area contributed by atoms with E-state index in [1.165, 1.54) is 6.07 Å². The van der Waals surface area contributed by atoms with E-state index in [0.717, 1.165) is 44.6 Å². The Bertz CT molecular complexity index is 1040. The van der Waals surface area contributed by atoms with Crippen molar-refractivity contribution in [1.29, 1.82) is 0 Å². The van der Waals surface area contributed by atoms with Crippen LogP contribution in [0.5, 0.6) is 11.5 Å². The molecule has 0 amide bonds. The Labute approximate surface area is 235 Å². The number of rotatable bonds is 12. The molecule has 0 heterocycles. The van der Waals surface area contributed by atoms with Gasteiger partial charge in [-0.3, -0.25) is 0 Å². The molecule has 0 saturated heterocycles. The SMILES string of the molecule is CCCCCCCCCc1c(Oc2ccccc2)ccc(S(=O)(=O)[O-])c1S(=O)(=O)[O-].[Na+].[Na+]. The minimum Gasteiger partial charge on any atom is -0.744 e. The van der Waals surface area contributed by atoms with E-state index in [9.17, 15) is 25.9 Å². The largest absolute Gasteiger partial charge is 1.00 e. The monoisotopic (exact) mass is 500 g/mol. The molecule has 0 unspecified atom stereocenters. The van der Waals surface area contributed by atoms with Gasteiger partial charge < -0.3 is 13.8 Å². The molecule has 0 fully saturated rings. The summed E-state index contributed by atoms with van der Waals surface area (Å²) in [5.41, 5.74) is -0.0701. The van der Waals surface area contributed by atoms with Crippen LogP contribution in [0.2, 0.25) is 0 Å². The van der Waals surface area contributed by atoms with Gasteiger partial charge in [-0.15, -0.1) is 0 Å². The first-order valence-electron chi connectivity index (χ1n) is 9.95. The molecule has 166 valence electrons. The molecule has 0 N–H and O–H groups in total. The van der Waals surface area contributed by atoms with Crippen LogP contribution in [0.15, 0.2) is 52.3 Å². The van der Waals surface area contributed by atoms with E-state index in [0.29, 0.717) is 12.2 Å². The second-order valence-electron chi connectivity index (χ2n) is 7.06. The van der Waals surface area contributed by atoms with Crippen molar-refractivity contribution in [3.05, 3.63) is 48.0 Å². The zero-order chi connectivity index (χ0) is 22.2. The average molecular weight is 501 g/mol. The normalized spacial score (nSPS) is 11.3. The maximum atomic E-state index is 11.9. The molecule has 2 aromatic rings. The summed E-state index contributed by atoms with van der Waals surface area (Å²) >= 11 is 0. The first-order chi connectivity index (χ1) is 14.1. The predicted molar refractivity (Wildman–Crippen MR) is 111 cm³/mol. The van der Waals surface area contributed by atoms with Gasteiger partial charge in [0.15, 0.2) is 0 Å². The number of hydrogen-bond acceptors (Lipinski definition) is 7. The maximum absolute atomic E-state index is 11.9. The molecule has 0 atom stereocenters. The van der Waals surface area contributed by atoms with Gasteiger partial charge in [-0.1, -0.05) is 63.6 Å². The fourth-order valence-corrected chi connectivity index (χ4v) is 5.28. The molecule has 0 aliphatic rings. The van der Waals surface area contributed by atoms with Crippen molar-refractivity contribution in [2.45, 2.75) is 68.1 Å². The van der Waals surface area contributed by atoms with Crippen LogP contribution in [-0.2, 0) is 26.7 Å². The summed E-state index contributed by atoms with van der Waals surface area (Å²) < 4.78 is 76.3. The van der Waals surface area contributed by atoms with Gasteiger partial charge in [0.05, 0.1) is 9.79 Å². The van der Waals surface area contributed by atoms with E-state index < -0.39 is 30.0 Å². The van der Waals surface area contributed by atoms with Crippen LogP contribution in [0.3, 0.4) is 0 Å². The summed E-state index contributed by atoms with van der Waals surface area (Å²) in [6.07, 6.45) is 6.79. The maximum Gasteiger partial charge on any atom is 1.00 e. The summed E-state index contributed by atoms with van der Waals surface area (Å²) in [7, 11) is -10.4. The molecule has 7 nitrogen and oxygen atoms in total. The first-order valence-corrected chi connectivity index (χ1v) is 12.8. The Kier molecular flexibility index (Phi) is 15.2. The van der Waals surface area contributed by atoms with E-state index in [4.69, 9.17) is 4.74 Å². The minimum absolute atomic E-state index is 0. The fraction of sp³-hybridized carbons (Fsp3) is 0.429. The van der Waals surface area contributed by atoms with Crippen molar-refractivity contribution in [3.63, 3.8) is 0 Å². The standard InChI is InChI=1S/C21H28O7S2.2Na/c1-2-3-4-5-6-7-11-14-18-19(28-17-12-9-8-10-13-17)15-16-20(29(22,23)24)21(18)30(25,26)27;;/h8-10,12-13,15-16H,2-7,11,14H2,1H3,(H,22,23,24)(H,25,26,27);;/q;2*+1/p-2.